The van der Waals surface area contributed by atoms with E-state index in [9.17, 15) is 19.3 Å². The molecule has 0 unspecified atom stereocenters. The van der Waals surface area contributed by atoms with Crippen molar-refractivity contribution in [3.63, 3.8) is 0 Å². The van der Waals surface area contributed by atoms with E-state index in [1.54, 1.807) is 17.5 Å². The molecule has 2 aromatic heterocycles. The Labute approximate surface area is 137 Å². The van der Waals surface area contributed by atoms with Gasteiger partial charge in [-0.15, -0.1) is 11.3 Å². The summed E-state index contributed by atoms with van der Waals surface area (Å²) >= 11 is 1.98. The summed E-state index contributed by atoms with van der Waals surface area (Å²) in [7, 11) is 0. The fourth-order valence-corrected chi connectivity index (χ4v) is 3.25. The molecule has 2 heterocycles. The quantitative estimate of drug-likeness (QED) is 0.566. The lowest BCUT2D eigenvalue weighted by Gasteiger charge is -1.98. The van der Waals surface area contributed by atoms with Crippen LogP contribution in [0.15, 0.2) is 41.8 Å². The van der Waals surface area contributed by atoms with Gasteiger partial charge in [-0.2, -0.15) is 0 Å². The van der Waals surface area contributed by atoms with Gasteiger partial charge in [-0.05, 0) is 18.2 Å². The summed E-state index contributed by atoms with van der Waals surface area (Å²) in [6.45, 7) is 0. The van der Waals surface area contributed by atoms with Crippen molar-refractivity contribution in [2.45, 2.75) is 0 Å². The van der Waals surface area contributed by atoms with Gasteiger partial charge in [0.15, 0.2) is 5.13 Å². The van der Waals surface area contributed by atoms with Gasteiger partial charge in [0.05, 0.1) is 15.5 Å². The SMILES string of the molecule is O=C(Nc1nc(-c2cccc(F)c2)cs1)c1ccc([N+](=O)[O-])s1. The van der Waals surface area contributed by atoms with Crippen molar-refractivity contribution < 1.29 is 14.1 Å². The van der Waals surface area contributed by atoms with Crippen molar-refractivity contribution >= 4 is 38.7 Å². The highest BCUT2D eigenvalue weighted by Gasteiger charge is 2.16. The molecule has 0 bridgehead atoms. The van der Waals surface area contributed by atoms with E-state index in [0.29, 0.717) is 16.4 Å². The number of rotatable bonds is 4. The normalized spacial score (nSPS) is 10.5. The lowest BCUT2D eigenvalue weighted by Crippen LogP contribution is -2.09. The number of hydrogen-bond acceptors (Lipinski definition) is 6. The van der Waals surface area contributed by atoms with E-state index < -0.39 is 10.8 Å². The molecule has 9 heteroatoms. The average molecular weight is 349 g/mol. The van der Waals surface area contributed by atoms with Gasteiger partial charge in [0, 0.05) is 17.0 Å². The summed E-state index contributed by atoms with van der Waals surface area (Å²) < 4.78 is 13.2. The van der Waals surface area contributed by atoms with Crippen LogP contribution in [0.3, 0.4) is 0 Å². The van der Waals surface area contributed by atoms with Crippen LogP contribution in [-0.4, -0.2) is 15.8 Å². The van der Waals surface area contributed by atoms with Gasteiger partial charge in [0.25, 0.3) is 5.91 Å². The fraction of sp³-hybridized carbons (Fsp3) is 0. The standard InChI is InChI=1S/C14H8FN3O3S2/c15-9-3-1-2-8(6-9)10-7-22-14(16-10)17-13(19)11-4-5-12(23-11)18(20)21/h1-7H,(H,16,17,19). The van der Waals surface area contributed by atoms with Gasteiger partial charge in [-0.25, -0.2) is 9.37 Å². The Kier molecular flexibility index (Phi) is 4.13. The lowest BCUT2D eigenvalue weighted by atomic mass is 10.2. The minimum Gasteiger partial charge on any atom is -0.297 e. The molecule has 0 aliphatic rings. The predicted octanol–water partition coefficient (Wildman–Crippen LogP) is 4.17. The molecule has 0 radical (unpaired) electrons. The Hall–Kier alpha value is -2.65. The zero-order valence-electron chi connectivity index (χ0n) is 11.4. The Balaban J connectivity index is 1.75. The third-order valence-corrected chi connectivity index (χ3v) is 4.63. The molecule has 1 N–H and O–H groups in total. The van der Waals surface area contributed by atoms with Crippen LogP contribution >= 0.6 is 22.7 Å². The van der Waals surface area contributed by atoms with Crippen LogP contribution in [0.2, 0.25) is 0 Å². The molecule has 0 atom stereocenters. The highest BCUT2D eigenvalue weighted by molar-refractivity contribution is 7.17. The van der Waals surface area contributed by atoms with E-state index >= 15 is 0 Å². The molecule has 3 aromatic rings. The number of hydrogen-bond donors (Lipinski definition) is 1. The van der Waals surface area contributed by atoms with Gasteiger partial charge >= 0.3 is 5.00 Å². The Morgan fingerprint density at radius 1 is 1.30 bits per heavy atom. The Morgan fingerprint density at radius 3 is 2.83 bits per heavy atom. The average Bonchev–Trinajstić information content (AvgIpc) is 3.16. The highest BCUT2D eigenvalue weighted by atomic mass is 32.1. The van der Waals surface area contributed by atoms with Crippen molar-refractivity contribution in [1.82, 2.24) is 4.98 Å². The van der Waals surface area contributed by atoms with Crippen LogP contribution in [0.4, 0.5) is 14.5 Å². The Morgan fingerprint density at radius 2 is 2.13 bits per heavy atom. The molecule has 0 saturated heterocycles. The molecule has 116 valence electrons. The zero-order valence-corrected chi connectivity index (χ0v) is 13.0. The number of thiophene rings is 1. The topological polar surface area (TPSA) is 85.1 Å². The third kappa shape index (κ3) is 3.41. The monoisotopic (exact) mass is 349 g/mol. The van der Waals surface area contributed by atoms with E-state index in [1.807, 2.05) is 0 Å². The summed E-state index contributed by atoms with van der Waals surface area (Å²) in [4.78, 5) is 26.6. The van der Waals surface area contributed by atoms with Gasteiger partial charge in [0.1, 0.15) is 5.82 Å². The largest absolute Gasteiger partial charge is 0.324 e. The third-order valence-electron chi connectivity index (χ3n) is 2.84. The summed E-state index contributed by atoms with van der Waals surface area (Å²) in [5, 5.41) is 15.1. The molecule has 0 aliphatic heterocycles. The Bertz CT molecular complexity index is 891. The number of nitrogens with one attached hydrogen (secondary N) is 1. The molecule has 1 amide bonds. The first-order valence-electron chi connectivity index (χ1n) is 6.30. The first-order valence-corrected chi connectivity index (χ1v) is 7.99. The summed E-state index contributed by atoms with van der Waals surface area (Å²) in [6.07, 6.45) is 0. The number of nitrogens with zero attached hydrogens (tertiary/aromatic N) is 2. The predicted molar refractivity (Wildman–Crippen MR) is 86.4 cm³/mol. The molecule has 1 aromatic carbocycles. The number of amides is 1. The maximum atomic E-state index is 13.2. The lowest BCUT2D eigenvalue weighted by molar-refractivity contribution is -0.380. The number of benzene rings is 1. The first kappa shape index (κ1) is 15.3. The summed E-state index contributed by atoms with van der Waals surface area (Å²) in [5.74, 6) is -0.838. The molecule has 0 spiro atoms. The summed E-state index contributed by atoms with van der Waals surface area (Å²) in [6, 6.07) is 8.64. The van der Waals surface area contributed by atoms with Crippen molar-refractivity contribution in [2.24, 2.45) is 0 Å². The second kappa shape index (κ2) is 6.23. The van der Waals surface area contributed by atoms with Crippen molar-refractivity contribution in [3.05, 3.63) is 62.6 Å². The second-order valence-electron chi connectivity index (χ2n) is 4.40. The van der Waals surface area contributed by atoms with E-state index in [0.717, 1.165) is 11.3 Å². The van der Waals surface area contributed by atoms with Gasteiger partial charge in [0.2, 0.25) is 0 Å². The van der Waals surface area contributed by atoms with Crippen molar-refractivity contribution in [2.75, 3.05) is 5.32 Å². The van der Waals surface area contributed by atoms with Gasteiger partial charge in [-0.3, -0.25) is 20.2 Å². The summed E-state index contributed by atoms with van der Waals surface area (Å²) in [5.41, 5.74) is 1.15. The van der Waals surface area contributed by atoms with E-state index in [1.165, 1.54) is 35.6 Å². The number of carbonyl (C=O) groups is 1. The van der Waals surface area contributed by atoms with E-state index in [2.05, 4.69) is 10.3 Å². The maximum Gasteiger partial charge on any atom is 0.324 e. The van der Waals surface area contributed by atoms with E-state index in [4.69, 9.17) is 0 Å². The fourth-order valence-electron chi connectivity index (χ4n) is 1.82. The van der Waals surface area contributed by atoms with Crippen LogP contribution in [0.25, 0.3) is 11.3 Å². The number of anilines is 1. The number of nitro groups is 1. The van der Waals surface area contributed by atoms with Crippen LogP contribution in [0.5, 0.6) is 0 Å². The smallest absolute Gasteiger partial charge is 0.297 e. The van der Waals surface area contributed by atoms with Crippen LogP contribution < -0.4 is 5.32 Å². The molecular formula is C14H8FN3O3S2. The van der Waals surface area contributed by atoms with Crippen LogP contribution in [-0.2, 0) is 0 Å². The number of halogens is 1. The van der Waals surface area contributed by atoms with Gasteiger partial charge < -0.3 is 0 Å². The van der Waals surface area contributed by atoms with Crippen LogP contribution in [0, 0.1) is 15.9 Å². The molecule has 3 rings (SSSR count). The maximum absolute atomic E-state index is 13.2. The number of carbonyl (C=O) groups excluding carboxylic acids is 1. The molecule has 23 heavy (non-hydrogen) atoms. The molecule has 0 aliphatic carbocycles. The number of thiazole rings is 1. The zero-order chi connectivity index (χ0) is 16.4. The first-order chi connectivity index (χ1) is 11.0. The molecular weight excluding hydrogens is 341 g/mol. The van der Waals surface area contributed by atoms with Crippen molar-refractivity contribution in [1.29, 1.82) is 0 Å². The highest BCUT2D eigenvalue weighted by Crippen LogP contribution is 2.28. The second-order valence-corrected chi connectivity index (χ2v) is 6.32. The molecule has 6 nitrogen and oxygen atoms in total. The molecule has 0 saturated carbocycles. The van der Waals surface area contributed by atoms with Gasteiger partial charge in [-0.1, -0.05) is 23.5 Å². The van der Waals surface area contributed by atoms with E-state index in [-0.39, 0.29) is 15.7 Å². The number of aromatic nitrogens is 1. The minimum absolute atomic E-state index is 0.102. The molecule has 0 fully saturated rings. The van der Waals surface area contributed by atoms with Crippen molar-refractivity contribution in [3.8, 4) is 11.3 Å². The van der Waals surface area contributed by atoms with Crippen LogP contribution in [0.1, 0.15) is 9.67 Å². The minimum atomic E-state index is -0.549.